The Morgan fingerprint density at radius 1 is 1.29 bits per heavy atom. The number of hydrogen-bond donors (Lipinski definition) is 0. The van der Waals surface area contributed by atoms with Crippen LogP contribution in [0.5, 0.6) is 5.75 Å². The molecular weight excluding hydrogens is 509 g/mol. The fraction of sp³-hybridized carbons (Fsp3) is 0.423. The minimum absolute atomic E-state index is 0.197. The largest absolute Gasteiger partial charge is 0.497 e. The number of cyclic esters (lactones) is 1. The highest BCUT2D eigenvalue weighted by atomic mass is 35.5. The molecule has 0 unspecified atom stereocenters. The van der Waals surface area contributed by atoms with Gasteiger partial charge in [0.2, 0.25) is 6.10 Å². The first-order chi connectivity index (χ1) is 16.7. The molecule has 3 heterocycles. The molecule has 1 fully saturated rings. The first-order valence-corrected chi connectivity index (χ1v) is 13.2. The molecule has 0 radical (unpaired) electrons. The van der Waals surface area contributed by atoms with E-state index in [1.54, 1.807) is 18.4 Å². The molecule has 6 nitrogen and oxygen atoms in total. The minimum Gasteiger partial charge on any atom is -0.497 e. The van der Waals surface area contributed by atoms with Crippen molar-refractivity contribution in [2.24, 2.45) is 11.3 Å². The van der Waals surface area contributed by atoms with Crippen molar-refractivity contribution in [3.63, 3.8) is 0 Å². The van der Waals surface area contributed by atoms with Gasteiger partial charge in [0, 0.05) is 21.2 Å². The van der Waals surface area contributed by atoms with E-state index in [4.69, 9.17) is 42.4 Å². The van der Waals surface area contributed by atoms with E-state index in [1.165, 1.54) is 0 Å². The molecule has 1 saturated heterocycles. The van der Waals surface area contributed by atoms with E-state index in [-0.39, 0.29) is 24.4 Å². The van der Waals surface area contributed by atoms with E-state index in [2.05, 4.69) is 0 Å². The van der Waals surface area contributed by atoms with Crippen molar-refractivity contribution in [2.45, 2.75) is 45.1 Å². The van der Waals surface area contributed by atoms with Crippen LogP contribution < -0.4 is 4.74 Å². The molecule has 2 aliphatic rings. The highest BCUT2D eigenvalue weighted by Crippen LogP contribution is 2.46. The summed E-state index contributed by atoms with van der Waals surface area (Å²) in [6.45, 7) is 3.98. The second kappa shape index (κ2) is 9.26. The molecule has 184 valence electrons. The predicted octanol–water partition coefficient (Wildman–Crippen LogP) is 5.96. The van der Waals surface area contributed by atoms with Gasteiger partial charge in [0.1, 0.15) is 17.2 Å². The van der Waals surface area contributed by atoms with Crippen LogP contribution in [0.4, 0.5) is 0 Å². The number of esters is 2. The molecule has 3 aromatic rings. The number of alkyl halides is 1. The maximum absolute atomic E-state index is 13.0. The fourth-order valence-electron chi connectivity index (χ4n) is 4.80. The number of ether oxygens (including phenoxy) is 3. The van der Waals surface area contributed by atoms with Gasteiger partial charge in [-0.3, -0.25) is 4.79 Å². The van der Waals surface area contributed by atoms with E-state index < -0.39 is 17.5 Å². The number of hydrogen-bond acceptors (Lipinski definition) is 7. The van der Waals surface area contributed by atoms with Crippen molar-refractivity contribution in [2.75, 3.05) is 13.7 Å². The molecule has 1 aromatic carbocycles. The Balaban J connectivity index is 1.50. The summed E-state index contributed by atoms with van der Waals surface area (Å²) in [5.74, 6) is -0.197. The zero-order valence-corrected chi connectivity index (χ0v) is 22.0. The first kappa shape index (κ1) is 24.3. The molecule has 1 aliphatic carbocycles. The van der Waals surface area contributed by atoms with Gasteiger partial charge in [-0.25, -0.2) is 9.78 Å². The van der Waals surface area contributed by atoms with E-state index >= 15 is 0 Å². The summed E-state index contributed by atoms with van der Waals surface area (Å²) in [7, 11) is 1.63. The number of thiophene rings is 1. The number of carbonyl (C=O) groups is 2. The van der Waals surface area contributed by atoms with Gasteiger partial charge in [0.15, 0.2) is 0 Å². The first-order valence-electron chi connectivity index (χ1n) is 11.4. The lowest BCUT2D eigenvalue weighted by Crippen LogP contribution is -2.37. The predicted molar refractivity (Wildman–Crippen MR) is 136 cm³/mol. The average Bonchev–Trinajstić information content (AvgIpc) is 3.34. The van der Waals surface area contributed by atoms with E-state index in [0.717, 1.165) is 37.5 Å². The number of aromatic nitrogens is 1. The average molecular weight is 534 g/mol. The third-order valence-corrected chi connectivity index (χ3v) is 8.60. The fourth-order valence-corrected chi connectivity index (χ4v) is 6.70. The van der Waals surface area contributed by atoms with Crippen molar-refractivity contribution in [1.82, 2.24) is 4.98 Å². The number of fused-ring (bicyclic) bond motifs is 3. The summed E-state index contributed by atoms with van der Waals surface area (Å²) in [5.41, 5.74) is 3.12. The van der Waals surface area contributed by atoms with Crippen molar-refractivity contribution in [1.29, 1.82) is 0 Å². The lowest BCUT2D eigenvalue weighted by molar-refractivity contribution is -0.166. The number of methoxy groups -OCH3 is 1. The summed E-state index contributed by atoms with van der Waals surface area (Å²) in [5, 5.41) is 1.56. The summed E-state index contributed by atoms with van der Waals surface area (Å²) in [6, 6.07) is 7.76. The van der Waals surface area contributed by atoms with Gasteiger partial charge in [-0.1, -0.05) is 37.6 Å². The number of aryl methyl sites for hydroxylation is 1. The second-order valence-electron chi connectivity index (χ2n) is 9.65. The molecule has 5 rings (SSSR count). The Hall–Kier alpha value is -2.35. The van der Waals surface area contributed by atoms with Crippen LogP contribution in [0.1, 0.15) is 36.4 Å². The molecule has 9 heteroatoms. The number of carbonyl (C=O) groups excluding carboxylic acids is 2. The van der Waals surface area contributed by atoms with Crippen LogP contribution in [-0.4, -0.2) is 36.7 Å². The number of pyridine rings is 1. The zero-order valence-electron chi connectivity index (χ0n) is 19.7. The molecule has 2 aromatic heterocycles. The van der Waals surface area contributed by atoms with Crippen LogP contribution in [0.3, 0.4) is 0 Å². The molecule has 0 bridgehead atoms. The van der Waals surface area contributed by atoms with Gasteiger partial charge in [0.05, 0.1) is 29.6 Å². The SMILES string of the molecule is COc1ccc(-c2c(Cl)c(CCl)nc3sc4c(c23)CC[C@H](C(=O)O[C@H]2C(=O)OCC2(C)C)C4)cc1. The standard InChI is InChI=1S/C26H25Cl2NO5S/c1-26(2)12-33-25(31)22(26)34-24(30)14-6-9-16-18(10-14)35-23-20(16)19(21(28)17(11-27)29-23)13-4-7-15(32-3)8-5-13/h4-5,7-8,14,22H,6,9-12H2,1-3H3/t14-,22-/m0/s1. The van der Waals surface area contributed by atoms with Crippen molar-refractivity contribution in [3.05, 3.63) is 45.4 Å². The molecular formula is C26H25Cl2NO5S. The van der Waals surface area contributed by atoms with Crippen LogP contribution in [0.25, 0.3) is 21.3 Å². The summed E-state index contributed by atoms with van der Waals surface area (Å²) >= 11 is 14.6. The smallest absolute Gasteiger partial charge is 0.348 e. The minimum atomic E-state index is -0.868. The van der Waals surface area contributed by atoms with Gasteiger partial charge in [0.25, 0.3) is 0 Å². The maximum Gasteiger partial charge on any atom is 0.348 e. The Kier molecular flexibility index (Phi) is 6.45. The quantitative estimate of drug-likeness (QED) is 0.297. The zero-order chi connectivity index (χ0) is 24.9. The van der Waals surface area contributed by atoms with Crippen LogP contribution >= 0.6 is 34.5 Å². The van der Waals surface area contributed by atoms with Gasteiger partial charge in [-0.15, -0.1) is 22.9 Å². The van der Waals surface area contributed by atoms with Gasteiger partial charge >= 0.3 is 11.9 Å². The molecule has 35 heavy (non-hydrogen) atoms. The van der Waals surface area contributed by atoms with Crippen molar-refractivity contribution in [3.8, 4) is 16.9 Å². The summed E-state index contributed by atoms with van der Waals surface area (Å²) in [6.07, 6.45) is 0.978. The molecule has 1 aliphatic heterocycles. The summed E-state index contributed by atoms with van der Waals surface area (Å²) in [4.78, 5) is 31.8. The molecule has 0 N–H and O–H groups in total. The van der Waals surface area contributed by atoms with Crippen LogP contribution in [0.2, 0.25) is 5.02 Å². The monoisotopic (exact) mass is 533 g/mol. The normalized spacial score (nSPS) is 21.0. The maximum atomic E-state index is 13.0. The topological polar surface area (TPSA) is 74.7 Å². The Labute approximate surface area is 217 Å². The Morgan fingerprint density at radius 2 is 2.03 bits per heavy atom. The molecule has 2 atom stereocenters. The molecule has 0 spiro atoms. The van der Waals surface area contributed by atoms with Crippen LogP contribution in [0, 0.1) is 11.3 Å². The van der Waals surface area contributed by atoms with Crippen LogP contribution in [0.15, 0.2) is 24.3 Å². The number of halogens is 2. The van der Waals surface area contributed by atoms with Crippen molar-refractivity contribution >= 4 is 56.7 Å². The number of rotatable bonds is 5. The highest BCUT2D eigenvalue weighted by Gasteiger charge is 2.47. The van der Waals surface area contributed by atoms with Gasteiger partial charge in [-0.05, 0) is 42.5 Å². The third-order valence-electron chi connectivity index (χ3n) is 6.79. The number of nitrogens with zero attached hydrogens (tertiary/aromatic N) is 1. The summed E-state index contributed by atoms with van der Waals surface area (Å²) < 4.78 is 16.1. The highest BCUT2D eigenvalue weighted by molar-refractivity contribution is 7.19. The lowest BCUT2D eigenvalue weighted by atomic mass is 9.85. The molecule has 0 amide bonds. The van der Waals surface area contributed by atoms with E-state index in [9.17, 15) is 9.59 Å². The molecule has 0 saturated carbocycles. The van der Waals surface area contributed by atoms with Gasteiger partial charge < -0.3 is 14.2 Å². The van der Waals surface area contributed by atoms with Crippen LogP contribution in [-0.2, 0) is 37.8 Å². The Bertz CT molecular complexity index is 1320. The van der Waals surface area contributed by atoms with E-state index in [0.29, 0.717) is 30.0 Å². The lowest BCUT2D eigenvalue weighted by Gasteiger charge is -2.26. The number of benzene rings is 1. The Morgan fingerprint density at radius 3 is 2.66 bits per heavy atom. The third kappa shape index (κ3) is 4.28. The van der Waals surface area contributed by atoms with Gasteiger partial charge in [-0.2, -0.15) is 0 Å². The van der Waals surface area contributed by atoms with E-state index in [1.807, 2.05) is 38.1 Å². The van der Waals surface area contributed by atoms with Crippen molar-refractivity contribution < 1.29 is 23.8 Å². The second-order valence-corrected chi connectivity index (χ2v) is 11.4.